The molecule has 100 valence electrons. The normalized spacial score (nSPS) is 12.2. The lowest BCUT2D eigenvalue weighted by molar-refractivity contribution is 0.176. The van der Waals surface area contributed by atoms with Gasteiger partial charge in [0, 0.05) is 18.8 Å². The molecule has 0 saturated carbocycles. The lowest BCUT2D eigenvalue weighted by atomic mass is 9.99. The Morgan fingerprint density at radius 3 is 2.84 bits per heavy atom. The van der Waals surface area contributed by atoms with Crippen molar-refractivity contribution in [3.05, 3.63) is 59.2 Å². The van der Waals surface area contributed by atoms with Crippen LogP contribution in [0.4, 0.5) is 4.39 Å². The molecule has 0 amide bonds. The van der Waals surface area contributed by atoms with E-state index < -0.39 is 11.9 Å². The molecule has 0 radical (unpaired) electrons. The van der Waals surface area contributed by atoms with Gasteiger partial charge in [0.05, 0.1) is 13.2 Å². The van der Waals surface area contributed by atoms with E-state index in [9.17, 15) is 9.50 Å². The number of aromatic nitrogens is 1. The minimum atomic E-state index is -0.760. The van der Waals surface area contributed by atoms with Gasteiger partial charge >= 0.3 is 0 Å². The number of benzene rings is 1. The van der Waals surface area contributed by atoms with Crippen LogP contribution in [0.2, 0.25) is 0 Å². The molecule has 4 heteroatoms. The summed E-state index contributed by atoms with van der Waals surface area (Å²) in [6.45, 7) is 1.87. The van der Waals surface area contributed by atoms with E-state index in [0.29, 0.717) is 5.56 Å². The van der Waals surface area contributed by atoms with Crippen LogP contribution in [0.15, 0.2) is 36.7 Å². The zero-order valence-electron chi connectivity index (χ0n) is 10.9. The van der Waals surface area contributed by atoms with Gasteiger partial charge < -0.3 is 9.84 Å². The van der Waals surface area contributed by atoms with Gasteiger partial charge in [0.1, 0.15) is 0 Å². The van der Waals surface area contributed by atoms with E-state index in [-0.39, 0.29) is 12.2 Å². The van der Waals surface area contributed by atoms with Gasteiger partial charge in [-0.1, -0.05) is 12.1 Å². The van der Waals surface area contributed by atoms with Gasteiger partial charge in [0.2, 0.25) is 0 Å². The minimum absolute atomic E-state index is 0.191. The highest BCUT2D eigenvalue weighted by molar-refractivity contribution is 5.33. The van der Waals surface area contributed by atoms with E-state index in [0.717, 1.165) is 11.1 Å². The fourth-order valence-electron chi connectivity index (χ4n) is 2.05. The Morgan fingerprint density at radius 2 is 2.16 bits per heavy atom. The molecule has 2 rings (SSSR count). The molecule has 0 aliphatic carbocycles. The number of methoxy groups -OCH3 is 1. The smallest absolute Gasteiger partial charge is 0.168 e. The monoisotopic (exact) mass is 261 g/mol. The summed E-state index contributed by atoms with van der Waals surface area (Å²) in [7, 11) is 1.42. The maximum Gasteiger partial charge on any atom is 0.168 e. The number of aryl methyl sites for hydroxylation is 1. The first kappa shape index (κ1) is 13.5. The van der Waals surface area contributed by atoms with Crippen molar-refractivity contribution in [2.24, 2.45) is 0 Å². The van der Waals surface area contributed by atoms with E-state index in [4.69, 9.17) is 4.74 Å². The second kappa shape index (κ2) is 5.80. The molecular weight excluding hydrogens is 245 g/mol. The van der Waals surface area contributed by atoms with E-state index >= 15 is 0 Å². The van der Waals surface area contributed by atoms with Crippen molar-refractivity contribution < 1.29 is 14.2 Å². The van der Waals surface area contributed by atoms with Crippen molar-refractivity contribution >= 4 is 0 Å². The van der Waals surface area contributed by atoms with Crippen molar-refractivity contribution in [1.82, 2.24) is 4.98 Å². The standard InChI is InChI=1S/C15H16FNO2/c1-10-9-17-7-6-12(10)13(18)8-11-4-3-5-14(19-2)15(11)16/h3-7,9,13,18H,8H2,1-2H3. The average Bonchev–Trinajstić information content (AvgIpc) is 2.41. The van der Waals surface area contributed by atoms with Gasteiger partial charge in [0.25, 0.3) is 0 Å². The van der Waals surface area contributed by atoms with Crippen molar-refractivity contribution in [1.29, 1.82) is 0 Å². The van der Waals surface area contributed by atoms with Crippen molar-refractivity contribution in [2.45, 2.75) is 19.4 Å². The predicted molar refractivity (Wildman–Crippen MR) is 70.6 cm³/mol. The summed E-state index contributed by atoms with van der Waals surface area (Å²) in [4.78, 5) is 3.97. The van der Waals surface area contributed by atoms with E-state index in [1.54, 1.807) is 36.7 Å². The summed E-state index contributed by atoms with van der Waals surface area (Å²) in [5.74, 6) is -0.230. The third-order valence-corrected chi connectivity index (χ3v) is 3.10. The number of aliphatic hydroxyl groups excluding tert-OH is 1. The molecular formula is C15H16FNO2. The number of pyridine rings is 1. The maximum atomic E-state index is 14.0. The van der Waals surface area contributed by atoms with Gasteiger partial charge in [-0.15, -0.1) is 0 Å². The highest BCUT2D eigenvalue weighted by Crippen LogP contribution is 2.26. The fraction of sp³-hybridized carbons (Fsp3) is 0.267. The van der Waals surface area contributed by atoms with Gasteiger partial charge in [0.15, 0.2) is 11.6 Å². The molecule has 0 aliphatic heterocycles. The molecule has 0 saturated heterocycles. The lowest BCUT2D eigenvalue weighted by Gasteiger charge is -2.14. The Kier molecular flexibility index (Phi) is 4.12. The lowest BCUT2D eigenvalue weighted by Crippen LogP contribution is -2.06. The van der Waals surface area contributed by atoms with Crippen LogP contribution < -0.4 is 4.74 Å². The highest BCUT2D eigenvalue weighted by atomic mass is 19.1. The first-order chi connectivity index (χ1) is 9.13. The molecule has 1 aromatic heterocycles. The molecule has 1 unspecified atom stereocenters. The van der Waals surface area contributed by atoms with Crippen LogP contribution in [-0.4, -0.2) is 17.2 Å². The van der Waals surface area contributed by atoms with Crippen molar-refractivity contribution in [3.8, 4) is 5.75 Å². The SMILES string of the molecule is COc1cccc(CC(O)c2ccncc2C)c1F. The number of aliphatic hydroxyl groups is 1. The van der Waals surface area contributed by atoms with E-state index in [1.807, 2.05) is 6.92 Å². The Balaban J connectivity index is 2.24. The average molecular weight is 261 g/mol. The highest BCUT2D eigenvalue weighted by Gasteiger charge is 2.15. The Hall–Kier alpha value is -1.94. The third-order valence-electron chi connectivity index (χ3n) is 3.10. The Bertz CT molecular complexity index is 572. The van der Waals surface area contributed by atoms with Gasteiger partial charge in [-0.3, -0.25) is 4.98 Å². The fourth-order valence-corrected chi connectivity index (χ4v) is 2.05. The summed E-state index contributed by atoms with van der Waals surface area (Å²) >= 11 is 0. The minimum Gasteiger partial charge on any atom is -0.494 e. The zero-order valence-corrected chi connectivity index (χ0v) is 10.9. The second-order valence-corrected chi connectivity index (χ2v) is 4.39. The number of hydrogen-bond acceptors (Lipinski definition) is 3. The van der Waals surface area contributed by atoms with Crippen molar-refractivity contribution in [3.63, 3.8) is 0 Å². The second-order valence-electron chi connectivity index (χ2n) is 4.39. The van der Waals surface area contributed by atoms with Crippen LogP contribution in [0, 0.1) is 12.7 Å². The quantitative estimate of drug-likeness (QED) is 0.920. The largest absolute Gasteiger partial charge is 0.494 e. The topological polar surface area (TPSA) is 42.4 Å². The number of ether oxygens (including phenoxy) is 1. The van der Waals surface area contributed by atoms with Gasteiger partial charge in [-0.05, 0) is 35.7 Å². The maximum absolute atomic E-state index is 14.0. The number of halogens is 1. The van der Waals surface area contributed by atoms with E-state index in [1.165, 1.54) is 7.11 Å². The van der Waals surface area contributed by atoms with Gasteiger partial charge in [-0.2, -0.15) is 0 Å². The first-order valence-electron chi connectivity index (χ1n) is 6.03. The molecule has 1 heterocycles. The van der Waals surface area contributed by atoms with Crippen molar-refractivity contribution in [2.75, 3.05) is 7.11 Å². The molecule has 3 nitrogen and oxygen atoms in total. The predicted octanol–water partition coefficient (Wildman–Crippen LogP) is 2.81. The summed E-state index contributed by atoms with van der Waals surface area (Å²) in [5.41, 5.74) is 2.08. The number of hydrogen-bond donors (Lipinski definition) is 1. The molecule has 19 heavy (non-hydrogen) atoms. The Morgan fingerprint density at radius 1 is 1.37 bits per heavy atom. The summed E-state index contributed by atoms with van der Waals surface area (Å²) in [6, 6.07) is 6.67. The third kappa shape index (κ3) is 2.90. The van der Waals surface area contributed by atoms with Crippen LogP contribution in [0.3, 0.4) is 0 Å². The summed E-state index contributed by atoms with van der Waals surface area (Å²) in [6.07, 6.45) is 2.74. The molecule has 1 aromatic carbocycles. The van der Waals surface area contributed by atoms with Crippen LogP contribution in [0.25, 0.3) is 0 Å². The molecule has 1 atom stereocenters. The molecule has 2 aromatic rings. The number of rotatable bonds is 4. The summed E-state index contributed by atoms with van der Waals surface area (Å²) in [5, 5.41) is 10.2. The zero-order chi connectivity index (χ0) is 13.8. The van der Waals surface area contributed by atoms with E-state index in [2.05, 4.69) is 4.98 Å². The summed E-state index contributed by atoms with van der Waals surface area (Å²) < 4.78 is 18.9. The Labute approximate surface area is 111 Å². The molecule has 0 aliphatic rings. The van der Waals surface area contributed by atoms with Crippen LogP contribution in [0.5, 0.6) is 5.75 Å². The first-order valence-corrected chi connectivity index (χ1v) is 6.03. The van der Waals surface area contributed by atoms with Crippen LogP contribution in [0.1, 0.15) is 22.8 Å². The molecule has 0 fully saturated rings. The molecule has 1 N–H and O–H groups in total. The molecule has 0 bridgehead atoms. The van der Waals surface area contributed by atoms with Crippen LogP contribution >= 0.6 is 0 Å². The van der Waals surface area contributed by atoms with Crippen LogP contribution in [-0.2, 0) is 6.42 Å². The molecule has 0 spiro atoms. The number of nitrogens with zero attached hydrogens (tertiary/aromatic N) is 1. The van der Waals surface area contributed by atoms with Gasteiger partial charge in [-0.25, -0.2) is 4.39 Å².